The number of aliphatic carboxylic acids is 1. The largest absolute Gasteiger partial charge is 0.481 e. The Kier molecular flexibility index (Phi) is 5.81. The fourth-order valence-corrected chi connectivity index (χ4v) is 3.81. The number of rotatable bonds is 6. The summed E-state index contributed by atoms with van der Waals surface area (Å²) >= 11 is 3.67. The Balaban J connectivity index is 2.08. The van der Waals surface area contributed by atoms with Crippen LogP contribution in [0.25, 0.3) is 0 Å². The highest BCUT2D eigenvalue weighted by atomic mass is 79.9. The van der Waals surface area contributed by atoms with Crippen LogP contribution in [0.15, 0.2) is 4.47 Å². The topological polar surface area (TPSA) is 58.4 Å². The molecule has 0 aromatic carbocycles. The van der Waals surface area contributed by atoms with Crippen molar-refractivity contribution >= 4 is 21.9 Å². The van der Waals surface area contributed by atoms with Crippen LogP contribution >= 0.6 is 15.9 Å². The molecule has 6 heteroatoms. The molecule has 1 atom stereocenters. The van der Waals surface area contributed by atoms with Gasteiger partial charge in [0, 0.05) is 26.1 Å². The van der Waals surface area contributed by atoms with Gasteiger partial charge in [-0.15, -0.1) is 0 Å². The second kappa shape index (κ2) is 7.40. The fraction of sp³-hybridized carbons (Fsp3) is 0.733. The number of hydrogen-bond acceptors (Lipinski definition) is 3. The Bertz CT molecular complexity index is 501. The van der Waals surface area contributed by atoms with E-state index in [0.29, 0.717) is 6.04 Å². The van der Waals surface area contributed by atoms with Gasteiger partial charge in [0.1, 0.15) is 0 Å². The van der Waals surface area contributed by atoms with Crippen LogP contribution in [-0.2, 0) is 24.8 Å². The molecule has 2 heterocycles. The first-order chi connectivity index (χ1) is 10.0. The molecule has 1 saturated heterocycles. The van der Waals surface area contributed by atoms with Gasteiger partial charge in [-0.1, -0.05) is 13.3 Å². The number of halogens is 1. The maximum Gasteiger partial charge on any atom is 0.303 e. The summed E-state index contributed by atoms with van der Waals surface area (Å²) in [6.45, 7) is 3.99. The molecule has 0 bridgehead atoms. The Morgan fingerprint density at radius 3 is 2.86 bits per heavy atom. The highest BCUT2D eigenvalue weighted by Gasteiger charge is 2.25. The number of carboxylic acids is 1. The molecule has 1 aromatic heterocycles. The molecule has 2 rings (SSSR count). The number of hydrogen-bond donors (Lipinski definition) is 1. The van der Waals surface area contributed by atoms with Crippen LogP contribution < -0.4 is 0 Å². The summed E-state index contributed by atoms with van der Waals surface area (Å²) in [7, 11) is 1.98. The van der Waals surface area contributed by atoms with Crippen molar-refractivity contribution in [1.82, 2.24) is 14.7 Å². The lowest BCUT2D eigenvalue weighted by molar-refractivity contribution is -0.137. The first-order valence-electron chi connectivity index (χ1n) is 7.69. The quantitative estimate of drug-likeness (QED) is 0.850. The minimum atomic E-state index is -0.699. The van der Waals surface area contributed by atoms with Gasteiger partial charge in [0.2, 0.25) is 0 Å². The summed E-state index contributed by atoms with van der Waals surface area (Å²) in [6.07, 6.45) is 5.41. The van der Waals surface area contributed by atoms with Crippen molar-refractivity contribution < 1.29 is 9.90 Å². The maximum absolute atomic E-state index is 10.8. The third-order valence-corrected chi connectivity index (χ3v) is 5.21. The van der Waals surface area contributed by atoms with E-state index in [1.807, 2.05) is 11.7 Å². The molecule has 118 valence electrons. The number of carbonyl (C=O) groups is 1. The molecule has 0 radical (unpaired) electrons. The minimum Gasteiger partial charge on any atom is -0.481 e. The summed E-state index contributed by atoms with van der Waals surface area (Å²) in [5.74, 6) is -0.699. The molecular formula is C15H24BrN3O2. The van der Waals surface area contributed by atoms with Gasteiger partial charge >= 0.3 is 5.97 Å². The second-order valence-electron chi connectivity index (χ2n) is 5.74. The standard InChI is InChI=1S/C15H24BrN3O2/c1-3-12-15(16)13(18(2)17-12)10-19-9-5-4-6-11(19)7-8-14(20)21/h11H,3-10H2,1-2H3,(H,20,21). The van der Waals surface area contributed by atoms with E-state index in [-0.39, 0.29) is 6.42 Å². The van der Waals surface area contributed by atoms with Crippen molar-refractivity contribution in [2.24, 2.45) is 7.05 Å². The van der Waals surface area contributed by atoms with Gasteiger partial charge in [0.25, 0.3) is 0 Å². The van der Waals surface area contributed by atoms with Crippen LogP contribution in [0.3, 0.4) is 0 Å². The molecule has 0 amide bonds. The van der Waals surface area contributed by atoms with Crippen molar-refractivity contribution in [3.63, 3.8) is 0 Å². The maximum atomic E-state index is 10.8. The number of nitrogens with zero attached hydrogens (tertiary/aromatic N) is 3. The molecule has 1 aliphatic rings. The number of piperidine rings is 1. The van der Waals surface area contributed by atoms with Crippen LogP contribution in [0.4, 0.5) is 0 Å². The summed E-state index contributed by atoms with van der Waals surface area (Å²) in [5.41, 5.74) is 2.28. The Labute approximate surface area is 134 Å². The summed E-state index contributed by atoms with van der Waals surface area (Å²) in [5, 5.41) is 13.4. The molecule has 0 aliphatic carbocycles. The zero-order chi connectivity index (χ0) is 15.4. The van der Waals surface area contributed by atoms with E-state index < -0.39 is 5.97 Å². The number of aromatic nitrogens is 2. The Hall–Kier alpha value is -0.880. The average Bonchev–Trinajstić information content (AvgIpc) is 2.73. The van der Waals surface area contributed by atoms with E-state index in [9.17, 15) is 4.79 Å². The van der Waals surface area contributed by atoms with E-state index in [1.165, 1.54) is 18.5 Å². The van der Waals surface area contributed by atoms with Gasteiger partial charge in [-0.2, -0.15) is 5.10 Å². The van der Waals surface area contributed by atoms with Crippen LogP contribution in [0.2, 0.25) is 0 Å². The lowest BCUT2D eigenvalue weighted by Gasteiger charge is -2.35. The van der Waals surface area contributed by atoms with Crippen molar-refractivity contribution in [3.05, 3.63) is 15.9 Å². The predicted molar refractivity (Wildman–Crippen MR) is 85.2 cm³/mol. The number of aryl methyl sites for hydroxylation is 2. The zero-order valence-electron chi connectivity index (χ0n) is 12.8. The van der Waals surface area contributed by atoms with Crippen molar-refractivity contribution in [2.75, 3.05) is 6.54 Å². The average molecular weight is 358 g/mol. The van der Waals surface area contributed by atoms with E-state index >= 15 is 0 Å². The molecule has 1 aromatic rings. The van der Waals surface area contributed by atoms with Crippen LogP contribution in [0.1, 0.15) is 50.4 Å². The first-order valence-corrected chi connectivity index (χ1v) is 8.48. The monoisotopic (exact) mass is 357 g/mol. The molecule has 0 saturated carbocycles. The molecule has 1 aliphatic heterocycles. The molecule has 5 nitrogen and oxygen atoms in total. The van der Waals surface area contributed by atoms with Gasteiger partial charge in [-0.3, -0.25) is 14.4 Å². The zero-order valence-corrected chi connectivity index (χ0v) is 14.4. The summed E-state index contributed by atoms with van der Waals surface area (Å²) in [6, 6.07) is 0.377. The van der Waals surface area contributed by atoms with E-state index in [4.69, 9.17) is 5.11 Å². The SMILES string of the molecule is CCc1nn(C)c(CN2CCCCC2CCC(=O)O)c1Br. The van der Waals surface area contributed by atoms with Crippen LogP contribution in [-0.4, -0.2) is 38.3 Å². The van der Waals surface area contributed by atoms with E-state index in [2.05, 4.69) is 32.9 Å². The van der Waals surface area contributed by atoms with Crippen LogP contribution in [0, 0.1) is 0 Å². The summed E-state index contributed by atoms with van der Waals surface area (Å²) < 4.78 is 3.06. The predicted octanol–water partition coefficient (Wildman–Crippen LogP) is 2.96. The first kappa shape index (κ1) is 16.5. The minimum absolute atomic E-state index is 0.258. The Morgan fingerprint density at radius 1 is 1.48 bits per heavy atom. The molecule has 1 fully saturated rings. The third-order valence-electron chi connectivity index (χ3n) is 4.30. The normalized spacial score (nSPS) is 19.9. The number of likely N-dealkylation sites (tertiary alicyclic amines) is 1. The van der Waals surface area contributed by atoms with Crippen molar-refractivity contribution in [3.8, 4) is 0 Å². The highest BCUT2D eigenvalue weighted by Crippen LogP contribution is 2.27. The Morgan fingerprint density at radius 2 is 2.24 bits per heavy atom. The molecule has 0 spiro atoms. The van der Waals surface area contributed by atoms with Crippen LogP contribution in [0.5, 0.6) is 0 Å². The smallest absolute Gasteiger partial charge is 0.303 e. The summed E-state index contributed by atoms with van der Waals surface area (Å²) in [4.78, 5) is 13.2. The van der Waals surface area contributed by atoms with Crippen molar-refractivity contribution in [1.29, 1.82) is 0 Å². The fourth-order valence-electron chi connectivity index (χ4n) is 3.07. The van der Waals surface area contributed by atoms with E-state index in [0.717, 1.165) is 42.5 Å². The van der Waals surface area contributed by atoms with Gasteiger partial charge in [0.15, 0.2) is 0 Å². The van der Waals surface area contributed by atoms with E-state index in [1.54, 1.807) is 0 Å². The molecule has 1 unspecified atom stereocenters. The third kappa shape index (κ3) is 4.07. The van der Waals surface area contributed by atoms with Gasteiger partial charge in [-0.25, -0.2) is 0 Å². The highest BCUT2D eigenvalue weighted by molar-refractivity contribution is 9.10. The second-order valence-corrected chi connectivity index (χ2v) is 6.53. The van der Waals surface area contributed by atoms with Gasteiger partial charge in [-0.05, 0) is 48.2 Å². The molecule has 21 heavy (non-hydrogen) atoms. The lowest BCUT2D eigenvalue weighted by Crippen LogP contribution is -2.39. The van der Waals surface area contributed by atoms with Gasteiger partial charge in [0.05, 0.1) is 15.9 Å². The van der Waals surface area contributed by atoms with Gasteiger partial charge < -0.3 is 5.11 Å². The molecular weight excluding hydrogens is 334 g/mol. The lowest BCUT2D eigenvalue weighted by atomic mass is 9.97. The van der Waals surface area contributed by atoms with Crippen molar-refractivity contribution in [2.45, 2.75) is 58.0 Å². The number of carboxylic acid groups (broad SMARTS) is 1. The molecule has 1 N–H and O–H groups in total.